The van der Waals surface area contributed by atoms with Gasteiger partial charge in [0.2, 0.25) is 0 Å². The number of hydrogen-bond donors (Lipinski definition) is 1. The molecule has 0 saturated heterocycles. The summed E-state index contributed by atoms with van der Waals surface area (Å²) in [5.74, 6) is 0.593. The lowest BCUT2D eigenvalue weighted by Gasteiger charge is -2.08. The number of amidine groups is 2. The second-order valence-electron chi connectivity index (χ2n) is 12.2. The Labute approximate surface area is 292 Å². The Bertz CT molecular complexity index is 2770. The van der Waals surface area contributed by atoms with Gasteiger partial charge in [0, 0.05) is 53.8 Å². The number of benzene rings is 7. The first-order chi connectivity index (χ1) is 24.7. The Hall–Kier alpha value is -6.43. The molecule has 5 heteroatoms. The maximum absolute atomic E-state index is 9.17. The molecule has 2 heterocycles. The van der Waals surface area contributed by atoms with Gasteiger partial charge in [-0.25, -0.2) is 9.98 Å². The molecule has 2 aromatic heterocycles. The lowest BCUT2D eigenvalue weighted by Crippen LogP contribution is -2.05. The second kappa shape index (κ2) is 12.5. The van der Waals surface area contributed by atoms with Gasteiger partial charge in [-0.05, 0) is 58.7 Å². The monoisotopic (exact) mass is 659 g/mol. The molecule has 0 aliphatic carbocycles. The van der Waals surface area contributed by atoms with Gasteiger partial charge in [-0.1, -0.05) is 127 Å². The third kappa shape index (κ3) is 5.50. The topological polar surface area (TPSA) is 61.7 Å². The lowest BCUT2D eigenvalue weighted by molar-refractivity contribution is 0.669. The molecular formula is C45H29N3OS. The fourth-order valence-electron chi connectivity index (χ4n) is 6.54. The Morgan fingerprint density at radius 3 is 2.04 bits per heavy atom. The minimum Gasteiger partial charge on any atom is -0.456 e. The van der Waals surface area contributed by atoms with E-state index in [2.05, 4.69) is 103 Å². The highest BCUT2D eigenvalue weighted by Gasteiger charge is 2.13. The van der Waals surface area contributed by atoms with Crippen LogP contribution in [0.4, 0.5) is 0 Å². The summed E-state index contributed by atoms with van der Waals surface area (Å²) in [5.41, 5.74) is 8.64. The highest BCUT2D eigenvalue weighted by molar-refractivity contribution is 7.26. The van der Waals surface area contributed by atoms with Gasteiger partial charge in [-0.3, -0.25) is 5.41 Å². The molecule has 0 bridgehead atoms. The van der Waals surface area contributed by atoms with Crippen molar-refractivity contribution in [3.63, 3.8) is 0 Å². The van der Waals surface area contributed by atoms with Gasteiger partial charge in [0.05, 0.1) is 0 Å². The Morgan fingerprint density at radius 2 is 1.18 bits per heavy atom. The zero-order valence-corrected chi connectivity index (χ0v) is 27.7. The molecule has 0 unspecified atom stereocenters. The van der Waals surface area contributed by atoms with Gasteiger partial charge >= 0.3 is 0 Å². The van der Waals surface area contributed by atoms with Crippen molar-refractivity contribution in [2.45, 2.75) is 0 Å². The highest BCUT2D eigenvalue weighted by atomic mass is 32.1. The van der Waals surface area contributed by atoms with Crippen LogP contribution in [-0.2, 0) is 0 Å². The van der Waals surface area contributed by atoms with E-state index in [0.29, 0.717) is 11.4 Å². The van der Waals surface area contributed by atoms with Crippen LogP contribution in [0.1, 0.15) is 16.7 Å². The fraction of sp³-hybridized carbons (Fsp3) is 0. The van der Waals surface area contributed by atoms with Gasteiger partial charge < -0.3 is 4.42 Å². The second-order valence-corrected chi connectivity index (χ2v) is 13.2. The molecule has 0 aliphatic heterocycles. The van der Waals surface area contributed by atoms with Crippen LogP contribution in [0.25, 0.3) is 64.4 Å². The molecule has 7 aromatic carbocycles. The van der Waals surface area contributed by atoms with Crippen LogP contribution in [0.3, 0.4) is 0 Å². The zero-order valence-electron chi connectivity index (χ0n) is 26.9. The van der Waals surface area contributed by atoms with Crippen LogP contribution in [-0.4, -0.2) is 17.9 Å². The van der Waals surface area contributed by atoms with E-state index in [1.54, 1.807) is 11.3 Å². The standard InChI is InChI=1S/C45H29N3OS/c46-44(33-24-25-41-39(27-33)36-15-4-6-18-40(36)49-41)48-45(47-28-35-14-9-17-38-37-16-5-7-19-42(37)50-43(35)38)34-13-8-12-32(26-34)31-22-20-30(21-23-31)29-10-2-1-3-11-29/h1-28,46H/b46-44?,47-28+,48-45-. The quantitative estimate of drug-likeness (QED) is 0.145. The van der Waals surface area contributed by atoms with Crippen molar-refractivity contribution in [3.8, 4) is 22.3 Å². The molecule has 0 radical (unpaired) electrons. The smallest absolute Gasteiger partial charge is 0.161 e. The van der Waals surface area contributed by atoms with E-state index < -0.39 is 0 Å². The molecule has 236 valence electrons. The normalized spacial score (nSPS) is 12.1. The van der Waals surface area contributed by atoms with E-state index in [1.165, 1.54) is 31.3 Å². The summed E-state index contributed by atoms with van der Waals surface area (Å²) in [5, 5.41) is 13.6. The van der Waals surface area contributed by atoms with Gasteiger partial charge in [-0.2, -0.15) is 0 Å². The number of hydrogen-bond acceptors (Lipinski definition) is 3. The van der Waals surface area contributed by atoms with Crippen molar-refractivity contribution in [3.05, 3.63) is 180 Å². The minimum atomic E-state index is 0.127. The summed E-state index contributed by atoms with van der Waals surface area (Å²) in [4.78, 5) is 9.90. The van der Waals surface area contributed by atoms with Crippen LogP contribution in [0.15, 0.2) is 178 Å². The molecule has 0 spiro atoms. The van der Waals surface area contributed by atoms with Gasteiger partial charge in [0.25, 0.3) is 0 Å². The van der Waals surface area contributed by atoms with Crippen molar-refractivity contribution in [1.29, 1.82) is 5.41 Å². The number of aliphatic imine (C=N–C) groups is 2. The first-order valence-electron chi connectivity index (χ1n) is 16.5. The van der Waals surface area contributed by atoms with E-state index in [0.717, 1.165) is 44.2 Å². The van der Waals surface area contributed by atoms with Crippen molar-refractivity contribution in [2.75, 3.05) is 0 Å². The molecule has 4 nitrogen and oxygen atoms in total. The van der Waals surface area contributed by atoms with E-state index in [9.17, 15) is 0 Å². The number of nitrogens with zero attached hydrogens (tertiary/aromatic N) is 2. The molecule has 50 heavy (non-hydrogen) atoms. The molecule has 1 N–H and O–H groups in total. The van der Waals surface area contributed by atoms with Crippen molar-refractivity contribution in [2.24, 2.45) is 9.98 Å². The van der Waals surface area contributed by atoms with Crippen LogP contribution in [0.2, 0.25) is 0 Å². The third-order valence-electron chi connectivity index (χ3n) is 9.07. The number of nitrogens with one attached hydrogen (secondary N) is 1. The molecule has 0 saturated carbocycles. The first kappa shape index (κ1) is 29.7. The zero-order chi connectivity index (χ0) is 33.4. The summed E-state index contributed by atoms with van der Waals surface area (Å²) in [6, 6.07) is 55.8. The number of thiophene rings is 1. The van der Waals surface area contributed by atoms with E-state index in [1.807, 2.05) is 66.9 Å². The molecule has 0 atom stereocenters. The summed E-state index contributed by atoms with van der Waals surface area (Å²) in [7, 11) is 0. The van der Waals surface area contributed by atoms with Crippen LogP contribution >= 0.6 is 11.3 Å². The highest BCUT2D eigenvalue weighted by Crippen LogP contribution is 2.35. The molecule has 0 amide bonds. The van der Waals surface area contributed by atoms with E-state index in [-0.39, 0.29) is 5.84 Å². The number of fused-ring (bicyclic) bond motifs is 6. The predicted molar refractivity (Wildman–Crippen MR) is 211 cm³/mol. The van der Waals surface area contributed by atoms with Crippen LogP contribution in [0.5, 0.6) is 0 Å². The number of rotatable bonds is 5. The summed E-state index contributed by atoms with van der Waals surface area (Å²) in [6.45, 7) is 0. The minimum absolute atomic E-state index is 0.127. The Balaban J connectivity index is 1.13. The fourth-order valence-corrected chi connectivity index (χ4v) is 7.72. The average Bonchev–Trinajstić information content (AvgIpc) is 3.75. The van der Waals surface area contributed by atoms with Crippen LogP contribution in [0, 0.1) is 5.41 Å². The average molecular weight is 660 g/mol. The van der Waals surface area contributed by atoms with E-state index in [4.69, 9.17) is 19.8 Å². The predicted octanol–water partition coefficient (Wildman–Crippen LogP) is 12.2. The lowest BCUT2D eigenvalue weighted by atomic mass is 9.99. The molecule has 0 aliphatic rings. The summed E-state index contributed by atoms with van der Waals surface area (Å²) < 4.78 is 8.46. The van der Waals surface area contributed by atoms with Gasteiger partial charge in [0.15, 0.2) is 11.7 Å². The Morgan fingerprint density at radius 1 is 0.520 bits per heavy atom. The Kier molecular flexibility index (Phi) is 7.45. The largest absolute Gasteiger partial charge is 0.456 e. The summed E-state index contributed by atoms with van der Waals surface area (Å²) in [6.07, 6.45) is 1.89. The molecule has 9 aromatic rings. The van der Waals surface area contributed by atoms with Crippen LogP contribution < -0.4 is 0 Å². The molecule has 9 rings (SSSR count). The summed E-state index contributed by atoms with van der Waals surface area (Å²) >= 11 is 1.77. The van der Waals surface area contributed by atoms with Gasteiger partial charge in [0.1, 0.15) is 11.2 Å². The first-order valence-corrected chi connectivity index (χ1v) is 17.3. The van der Waals surface area contributed by atoms with Gasteiger partial charge in [-0.15, -0.1) is 11.3 Å². The van der Waals surface area contributed by atoms with E-state index >= 15 is 0 Å². The number of furan rings is 1. The van der Waals surface area contributed by atoms with Crippen molar-refractivity contribution < 1.29 is 4.42 Å². The maximum atomic E-state index is 9.17. The number of para-hydroxylation sites is 1. The van der Waals surface area contributed by atoms with Crippen molar-refractivity contribution >= 4 is 71.3 Å². The molecule has 0 fully saturated rings. The molecular weight excluding hydrogens is 631 g/mol. The SMILES string of the molecule is N=C(/N=C(\N=C\c1cccc2c1sc1ccccc12)c1cccc(-c2ccc(-c3ccccc3)cc2)c1)c1ccc2oc3ccccc3c2c1. The third-order valence-corrected chi connectivity index (χ3v) is 10.3. The maximum Gasteiger partial charge on any atom is 0.161 e. The van der Waals surface area contributed by atoms with Crippen molar-refractivity contribution in [1.82, 2.24) is 0 Å².